The molecule has 0 N–H and O–H groups in total. The topological polar surface area (TPSA) is 48.0 Å². The number of carbonyl (C=O) groups excluding carboxylic acids is 1. The molecule has 0 rings (SSSR count). The lowest BCUT2D eigenvalue weighted by molar-refractivity contribution is -0.134. The summed E-state index contributed by atoms with van der Waals surface area (Å²) in [6.45, 7) is 8.02. The van der Waals surface area contributed by atoms with E-state index in [0.717, 1.165) is 13.1 Å². The molecule has 0 bridgehead atoms. The summed E-state index contributed by atoms with van der Waals surface area (Å²) in [5.41, 5.74) is 0. The Labute approximate surface area is 103 Å². The first-order chi connectivity index (χ1) is 8.24. The number of nitrogens with zero attached hydrogens (tertiary/aromatic N) is 1. The van der Waals surface area contributed by atoms with E-state index in [2.05, 4.69) is 4.74 Å². The molecule has 0 aliphatic rings. The van der Waals surface area contributed by atoms with E-state index in [1.807, 2.05) is 18.7 Å². The highest BCUT2D eigenvalue weighted by molar-refractivity contribution is 5.81. The minimum absolute atomic E-state index is 0.359. The first-order valence-corrected chi connectivity index (χ1v) is 5.90. The van der Waals surface area contributed by atoms with E-state index in [4.69, 9.17) is 9.47 Å². The SMILES string of the molecule is CCOCCN(/C=C/C(=O)OC)CCOCC. The van der Waals surface area contributed by atoms with Gasteiger partial charge in [-0.2, -0.15) is 0 Å². The molecule has 0 aromatic heterocycles. The Balaban J connectivity index is 3.99. The number of rotatable bonds is 10. The van der Waals surface area contributed by atoms with Crippen LogP contribution < -0.4 is 0 Å². The Kier molecular flexibility index (Phi) is 10.7. The molecule has 0 aromatic carbocycles. The molecule has 5 heteroatoms. The molecule has 0 fully saturated rings. The van der Waals surface area contributed by atoms with E-state index in [0.29, 0.717) is 26.4 Å². The van der Waals surface area contributed by atoms with Crippen LogP contribution in [0.25, 0.3) is 0 Å². The van der Waals surface area contributed by atoms with Gasteiger partial charge in [0.1, 0.15) is 0 Å². The van der Waals surface area contributed by atoms with E-state index in [9.17, 15) is 4.79 Å². The molecule has 0 saturated carbocycles. The third-order valence-corrected chi connectivity index (χ3v) is 2.08. The van der Waals surface area contributed by atoms with Crippen LogP contribution >= 0.6 is 0 Å². The fraction of sp³-hybridized carbons (Fsp3) is 0.750. The number of carbonyl (C=O) groups is 1. The second-order valence-corrected chi connectivity index (χ2v) is 3.27. The second-order valence-electron chi connectivity index (χ2n) is 3.27. The van der Waals surface area contributed by atoms with Gasteiger partial charge in [-0.3, -0.25) is 0 Å². The van der Waals surface area contributed by atoms with Crippen LogP contribution in [0.4, 0.5) is 0 Å². The average molecular weight is 245 g/mol. The molecule has 100 valence electrons. The summed E-state index contributed by atoms with van der Waals surface area (Å²) < 4.78 is 15.1. The van der Waals surface area contributed by atoms with Crippen LogP contribution in [0.1, 0.15) is 13.8 Å². The van der Waals surface area contributed by atoms with Crippen molar-refractivity contribution in [2.45, 2.75) is 13.8 Å². The van der Waals surface area contributed by atoms with Crippen molar-refractivity contribution in [2.24, 2.45) is 0 Å². The third-order valence-electron chi connectivity index (χ3n) is 2.08. The molecule has 0 saturated heterocycles. The van der Waals surface area contributed by atoms with Gasteiger partial charge in [0, 0.05) is 38.6 Å². The maximum absolute atomic E-state index is 11.0. The Bertz CT molecular complexity index is 209. The van der Waals surface area contributed by atoms with Gasteiger partial charge in [-0.1, -0.05) is 0 Å². The first-order valence-electron chi connectivity index (χ1n) is 5.90. The zero-order chi connectivity index (χ0) is 12.9. The van der Waals surface area contributed by atoms with E-state index in [1.165, 1.54) is 13.2 Å². The third kappa shape index (κ3) is 9.84. The molecule has 0 amide bonds. The largest absolute Gasteiger partial charge is 0.466 e. The van der Waals surface area contributed by atoms with Crippen molar-refractivity contribution in [3.8, 4) is 0 Å². The van der Waals surface area contributed by atoms with Gasteiger partial charge in [-0.05, 0) is 13.8 Å². The number of hydrogen-bond acceptors (Lipinski definition) is 5. The minimum Gasteiger partial charge on any atom is -0.466 e. The molecule has 0 unspecified atom stereocenters. The number of methoxy groups -OCH3 is 1. The van der Waals surface area contributed by atoms with Crippen molar-refractivity contribution >= 4 is 5.97 Å². The van der Waals surface area contributed by atoms with Crippen LogP contribution in [0.15, 0.2) is 12.3 Å². The molecule has 0 aliphatic heterocycles. The zero-order valence-electron chi connectivity index (χ0n) is 11.0. The minimum atomic E-state index is -0.359. The summed E-state index contributed by atoms with van der Waals surface area (Å²) in [5.74, 6) is -0.359. The molecule has 5 nitrogen and oxygen atoms in total. The lowest BCUT2D eigenvalue weighted by Crippen LogP contribution is -2.26. The summed E-state index contributed by atoms with van der Waals surface area (Å²) in [4.78, 5) is 13.0. The van der Waals surface area contributed by atoms with E-state index in [1.54, 1.807) is 6.20 Å². The van der Waals surface area contributed by atoms with Crippen LogP contribution in [0.5, 0.6) is 0 Å². The lowest BCUT2D eigenvalue weighted by atomic mass is 10.5. The first kappa shape index (κ1) is 15.9. The van der Waals surface area contributed by atoms with Crippen molar-refractivity contribution in [3.63, 3.8) is 0 Å². The van der Waals surface area contributed by atoms with Gasteiger partial charge in [0.2, 0.25) is 0 Å². The number of ether oxygens (including phenoxy) is 3. The van der Waals surface area contributed by atoms with Crippen molar-refractivity contribution < 1.29 is 19.0 Å². The van der Waals surface area contributed by atoms with Gasteiger partial charge in [0.25, 0.3) is 0 Å². The Hall–Kier alpha value is -1.07. The quantitative estimate of drug-likeness (QED) is 0.327. The van der Waals surface area contributed by atoms with Crippen LogP contribution in [-0.2, 0) is 19.0 Å². The fourth-order valence-corrected chi connectivity index (χ4v) is 1.15. The summed E-state index contributed by atoms with van der Waals surface area (Å²) in [6.07, 6.45) is 3.11. The summed E-state index contributed by atoms with van der Waals surface area (Å²) >= 11 is 0. The van der Waals surface area contributed by atoms with E-state index < -0.39 is 0 Å². The molecular formula is C12H23NO4. The van der Waals surface area contributed by atoms with Crippen LogP contribution in [0.3, 0.4) is 0 Å². The maximum Gasteiger partial charge on any atom is 0.331 e. The van der Waals surface area contributed by atoms with Gasteiger partial charge < -0.3 is 19.1 Å². The predicted molar refractivity (Wildman–Crippen MR) is 65.7 cm³/mol. The van der Waals surface area contributed by atoms with E-state index in [-0.39, 0.29) is 5.97 Å². The molecule has 0 atom stereocenters. The summed E-state index contributed by atoms with van der Waals surface area (Å²) in [5, 5.41) is 0. The standard InChI is InChI=1S/C12H23NO4/c1-4-16-10-8-13(9-11-17-5-2)7-6-12(14)15-3/h6-7H,4-5,8-11H2,1-3H3/b7-6+. The van der Waals surface area contributed by atoms with E-state index >= 15 is 0 Å². The van der Waals surface area contributed by atoms with Crippen molar-refractivity contribution in [1.82, 2.24) is 4.90 Å². The highest BCUT2D eigenvalue weighted by Gasteiger charge is 2.00. The van der Waals surface area contributed by atoms with Crippen molar-refractivity contribution in [1.29, 1.82) is 0 Å². The van der Waals surface area contributed by atoms with Gasteiger partial charge in [-0.25, -0.2) is 4.79 Å². The zero-order valence-corrected chi connectivity index (χ0v) is 11.0. The van der Waals surface area contributed by atoms with Crippen molar-refractivity contribution in [3.05, 3.63) is 12.3 Å². The highest BCUT2D eigenvalue weighted by atomic mass is 16.5. The fourth-order valence-electron chi connectivity index (χ4n) is 1.15. The van der Waals surface area contributed by atoms with Gasteiger partial charge in [0.05, 0.1) is 20.3 Å². The van der Waals surface area contributed by atoms with Gasteiger partial charge in [0.15, 0.2) is 0 Å². The Morgan fingerprint density at radius 3 is 2.06 bits per heavy atom. The molecule has 0 aromatic rings. The molecular weight excluding hydrogens is 222 g/mol. The van der Waals surface area contributed by atoms with Gasteiger partial charge in [-0.15, -0.1) is 0 Å². The second kappa shape index (κ2) is 11.4. The van der Waals surface area contributed by atoms with Crippen LogP contribution in [0.2, 0.25) is 0 Å². The lowest BCUT2D eigenvalue weighted by Gasteiger charge is -2.19. The molecule has 0 heterocycles. The summed E-state index contributed by atoms with van der Waals surface area (Å²) in [6, 6.07) is 0. The predicted octanol–water partition coefficient (Wildman–Crippen LogP) is 1.05. The normalized spacial score (nSPS) is 10.8. The highest BCUT2D eigenvalue weighted by Crippen LogP contribution is 1.93. The van der Waals surface area contributed by atoms with Crippen LogP contribution in [0, 0.1) is 0 Å². The summed E-state index contributed by atoms with van der Waals surface area (Å²) in [7, 11) is 1.36. The van der Waals surface area contributed by atoms with Gasteiger partial charge >= 0.3 is 5.97 Å². The van der Waals surface area contributed by atoms with Crippen LogP contribution in [-0.4, -0.2) is 57.5 Å². The molecule has 0 spiro atoms. The number of esters is 1. The average Bonchev–Trinajstić information content (AvgIpc) is 2.35. The Morgan fingerprint density at radius 2 is 1.65 bits per heavy atom. The monoisotopic (exact) mass is 245 g/mol. The smallest absolute Gasteiger partial charge is 0.331 e. The molecule has 17 heavy (non-hydrogen) atoms. The molecule has 0 aliphatic carbocycles. The molecule has 0 radical (unpaired) electrons. The number of hydrogen-bond donors (Lipinski definition) is 0. The Morgan fingerprint density at radius 1 is 1.12 bits per heavy atom. The maximum atomic E-state index is 11.0. The van der Waals surface area contributed by atoms with Crippen molar-refractivity contribution in [2.75, 3.05) is 46.6 Å².